The van der Waals surface area contributed by atoms with E-state index in [1.165, 1.54) is 30.3 Å². The van der Waals surface area contributed by atoms with Gasteiger partial charge in [-0.15, -0.1) is 0 Å². The number of methoxy groups -OCH3 is 2. The Labute approximate surface area is 193 Å². The molecular formula is C23H15F5O7. The standard InChI is InChI=1S/C23H15F5O7/c1-33-19(30)13-9-14-15(16(17(13)29)20(31)34-2)12-8-7-10-5-3-4-6-11(10)18(12)35-21(14,32)22(24,25)23(26,27)28/h3-9,29,32H,1-2H3. The van der Waals surface area contributed by atoms with Crippen molar-refractivity contribution >= 4 is 22.7 Å². The average Bonchev–Trinajstić information content (AvgIpc) is 2.81. The van der Waals surface area contributed by atoms with Crippen LogP contribution in [0.2, 0.25) is 0 Å². The summed E-state index contributed by atoms with van der Waals surface area (Å²) in [6.45, 7) is 0. The number of aromatic hydroxyl groups is 1. The number of fused-ring (bicyclic) bond motifs is 5. The van der Waals surface area contributed by atoms with Crippen LogP contribution >= 0.6 is 0 Å². The van der Waals surface area contributed by atoms with Crippen LogP contribution in [-0.2, 0) is 15.3 Å². The van der Waals surface area contributed by atoms with Gasteiger partial charge < -0.3 is 24.4 Å². The van der Waals surface area contributed by atoms with Crippen LogP contribution in [0.1, 0.15) is 26.3 Å². The van der Waals surface area contributed by atoms with E-state index in [0.717, 1.165) is 14.2 Å². The van der Waals surface area contributed by atoms with E-state index in [9.17, 15) is 41.8 Å². The monoisotopic (exact) mass is 498 g/mol. The number of halogens is 5. The first kappa shape index (κ1) is 24.2. The second-order valence-corrected chi connectivity index (χ2v) is 7.54. The van der Waals surface area contributed by atoms with Gasteiger partial charge in [-0.3, -0.25) is 0 Å². The smallest absolute Gasteiger partial charge is 0.460 e. The molecule has 0 aromatic heterocycles. The van der Waals surface area contributed by atoms with Gasteiger partial charge in [-0.1, -0.05) is 30.3 Å². The topological polar surface area (TPSA) is 102 Å². The molecule has 1 heterocycles. The Balaban J connectivity index is 2.25. The molecule has 0 aliphatic carbocycles. The predicted octanol–water partition coefficient (Wildman–Crippen LogP) is 4.52. The van der Waals surface area contributed by atoms with Crippen molar-refractivity contribution < 1.29 is 56.0 Å². The lowest BCUT2D eigenvalue weighted by molar-refractivity contribution is -0.392. The molecule has 35 heavy (non-hydrogen) atoms. The summed E-state index contributed by atoms with van der Waals surface area (Å²) in [6.07, 6.45) is -6.34. The van der Waals surface area contributed by atoms with Crippen LogP contribution in [0.4, 0.5) is 22.0 Å². The quantitative estimate of drug-likeness (QED) is 0.405. The van der Waals surface area contributed by atoms with Gasteiger partial charge in [0.05, 0.1) is 14.2 Å². The average molecular weight is 498 g/mol. The molecule has 1 atom stereocenters. The third-order valence-electron chi connectivity index (χ3n) is 5.64. The summed E-state index contributed by atoms with van der Waals surface area (Å²) in [5, 5.41) is 22.0. The van der Waals surface area contributed by atoms with Gasteiger partial charge in [0.2, 0.25) is 0 Å². The number of aliphatic hydroxyl groups is 1. The Hall–Kier alpha value is -3.93. The zero-order chi connectivity index (χ0) is 25.9. The van der Waals surface area contributed by atoms with Gasteiger partial charge in [0.1, 0.15) is 22.6 Å². The molecular weight excluding hydrogens is 483 g/mol. The summed E-state index contributed by atoms with van der Waals surface area (Å²) in [6, 6.07) is 8.92. The second-order valence-electron chi connectivity index (χ2n) is 7.54. The number of hydrogen-bond acceptors (Lipinski definition) is 7. The van der Waals surface area contributed by atoms with E-state index < -0.39 is 63.6 Å². The Kier molecular flexibility index (Phi) is 5.40. The fourth-order valence-corrected chi connectivity index (χ4v) is 3.96. The first-order valence-electron chi connectivity index (χ1n) is 9.75. The van der Waals surface area contributed by atoms with Gasteiger partial charge in [0.15, 0.2) is 0 Å². The Morgan fingerprint density at radius 3 is 2.20 bits per heavy atom. The minimum absolute atomic E-state index is 0.0272. The van der Waals surface area contributed by atoms with Crippen LogP contribution in [0.3, 0.4) is 0 Å². The molecule has 1 aliphatic heterocycles. The van der Waals surface area contributed by atoms with Crippen LogP contribution < -0.4 is 4.74 Å². The summed E-state index contributed by atoms with van der Waals surface area (Å²) in [4.78, 5) is 24.8. The minimum atomic E-state index is -6.34. The SMILES string of the molecule is COC(=O)c1cc2c(c(C(=O)OC)c1O)-c1ccc3ccccc3c1OC2(O)C(F)(F)C(F)(F)F. The van der Waals surface area contributed by atoms with Crippen LogP contribution in [0, 0.1) is 0 Å². The number of benzene rings is 3. The van der Waals surface area contributed by atoms with Crippen molar-refractivity contribution in [2.75, 3.05) is 14.2 Å². The highest BCUT2D eigenvalue weighted by atomic mass is 19.4. The molecule has 0 fully saturated rings. The summed E-state index contributed by atoms with van der Waals surface area (Å²) in [7, 11) is 1.70. The van der Waals surface area contributed by atoms with E-state index in [4.69, 9.17) is 4.74 Å². The maximum absolute atomic E-state index is 14.9. The highest BCUT2D eigenvalue weighted by Crippen LogP contribution is 2.58. The summed E-state index contributed by atoms with van der Waals surface area (Å²) >= 11 is 0. The summed E-state index contributed by atoms with van der Waals surface area (Å²) in [5.74, 6) is -14.9. The third kappa shape index (κ3) is 3.27. The fraction of sp³-hybridized carbons (Fsp3) is 0.217. The maximum Gasteiger partial charge on any atom is 0.460 e. The number of phenols is 1. The van der Waals surface area contributed by atoms with Gasteiger partial charge in [-0.2, -0.15) is 22.0 Å². The number of alkyl halides is 5. The number of carbonyl (C=O) groups excluding carboxylic acids is 2. The number of ether oxygens (including phenoxy) is 3. The Morgan fingerprint density at radius 2 is 1.60 bits per heavy atom. The number of rotatable bonds is 3. The molecule has 0 amide bonds. The van der Waals surface area contributed by atoms with Crippen molar-refractivity contribution in [3.05, 3.63) is 59.2 Å². The second kappa shape index (κ2) is 7.80. The van der Waals surface area contributed by atoms with Crippen LogP contribution in [0.15, 0.2) is 42.5 Å². The lowest BCUT2D eigenvalue weighted by Gasteiger charge is -2.41. The lowest BCUT2D eigenvalue weighted by Crippen LogP contribution is -2.59. The van der Waals surface area contributed by atoms with E-state index in [0.29, 0.717) is 11.5 Å². The van der Waals surface area contributed by atoms with E-state index >= 15 is 0 Å². The van der Waals surface area contributed by atoms with Gasteiger partial charge >= 0.3 is 29.8 Å². The zero-order valence-corrected chi connectivity index (χ0v) is 17.9. The summed E-state index contributed by atoms with van der Waals surface area (Å²) in [5.41, 5.74) is -4.17. The highest BCUT2D eigenvalue weighted by molar-refractivity contribution is 6.09. The molecule has 0 spiro atoms. The predicted molar refractivity (Wildman–Crippen MR) is 109 cm³/mol. The number of hydrogen-bond donors (Lipinski definition) is 2. The van der Waals surface area contributed by atoms with Crippen LogP contribution in [0.5, 0.6) is 11.5 Å². The van der Waals surface area contributed by atoms with Gasteiger partial charge in [0.25, 0.3) is 0 Å². The van der Waals surface area contributed by atoms with E-state index in [2.05, 4.69) is 9.47 Å². The van der Waals surface area contributed by atoms with Crippen molar-refractivity contribution in [3.8, 4) is 22.6 Å². The molecule has 0 radical (unpaired) electrons. The molecule has 4 rings (SSSR count). The van der Waals surface area contributed by atoms with Crippen LogP contribution in [-0.4, -0.2) is 48.5 Å². The fourth-order valence-electron chi connectivity index (χ4n) is 3.96. The molecule has 0 saturated heterocycles. The van der Waals surface area contributed by atoms with Gasteiger partial charge in [-0.05, 0) is 17.5 Å². The summed E-state index contributed by atoms with van der Waals surface area (Å²) < 4.78 is 84.5. The van der Waals surface area contributed by atoms with Crippen LogP contribution in [0.25, 0.3) is 21.9 Å². The number of carbonyl (C=O) groups is 2. The molecule has 12 heteroatoms. The van der Waals surface area contributed by atoms with Crippen molar-refractivity contribution in [1.29, 1.82) is 0 Å². The van der Waals surface area contributed by atoms with Crippen molar-refractivity contribution in [2.45, 2.75) is 17.9 Å². The molecule has 0 bridgehead atoms. The molecule has 3 aromatic carbocycles. The largest absolute Gasteiger partial charge is 0.506 e. The molecule has 1 aliphatic rings. The van der Waals surface area contributed by atoms with E-state index in [1.807, 2.05) is 0 Å². The molecule has 3 aromatic rings. The molecule has 1 unspecified atom stereocenters. The highest BCUT2D eigenvalue weighted by Gasteiger charge is 2.74. The van der Waals surface area contributed by atoms with Crippen molar-refractivity contribution in [3.63, 3.8) is 0 Å². The minimum Gasteiger partial charge on any atom is -0.506 e. The molecule has 2 N–H and O–H groups in total. The third-order valence-corrected chi connectivity index (χ3v) is 5.64. The number of phenolic OH excluding ortho intramolecular Hbond substituents is 1. The molecule has 184 valence electrons. The molecule has 7 nitrogen and oxygen atoms in total. The van der Waals surface area contributed by atoms with Crippen molar-refractivity contribution in [1.82, 2.24) is 0 Å². The number of esters is 2. The Bertz CT molecular complexity index is 1380. The first-order chi connectivity index (χ1) is 16.3. The molecule has 0 saturated carbocycles. The van der Waals surface area contributed by atoms with Gasteiger partial charge in [0, 0.05) is 22.1 Å². The maximum atomic E-state index is 14.9. The lowest BCUT2D eigenvalue weighted by atomic mass is 9.81. The van der Waals surface area contributed by atoms with Crippen molar-refractivity contribution in [2.24, 2.45) is 0 Å². The van der Waals surface area contributed by atoms with E-state index in [1.54, 1.807) is 6.07 Å². The zero-order valence-electron chi connectivity index (χ0n) is 17.9. The Morgan fingerprint density at radius 1 is 0.971 bits per heavy atom. The van der Waals surface area contributed by atoms with E-state index in [-0.39, 0.29) is 10.9 Å². The van der Waals surface area contributed by atoms with Gasteiger partial charge in [-0.25, -0.2) is 9.59 Å². The first-order valence-corrected chi connectivity index (χ1v) is 9.75. The normalized spacial score (nSPS) is 17.3.